The zero-order valence-electron chi connectivity index (χ0n) is 17.4. The summed E-state index contributed by atoms with van der Waals surface area (Å²) in [5.74, 6) is -0.140. The van der Waals surface area contributed by atoms with Crippen LogP contribution in [-0.2, 0) is 12.8 Å². The third kappa shape index (κ3) is 4.84. The number of amides is 1. The van der Waals surface area contributed by atoms with Gasteiger partial charge in [-0.05, 0) is 88.8 Å². The predicted octanol–water partition coefficient (Wildman–Crippen LogP) is 5.22. The molecule has 0 bridgehead atoms. The van der Waals surface area contributed by atoms with E-state index < -0.39 is 0 Å². The summed E-state index contributed by atoms with van der Waals surface area (Å²) in [6.07, 6.45) is 6.51. The number of halogens is 1. The second kappa shape index (κ2) is 9.71. The zero-order valence-corrected chi connectivity index (χ0v) is 18.1. The first-order valence-electron chi connectivity index (χ1n) is 10.7. The summed E-state index contributed by atoms with van der Waals surface area (Å²) in [6, 6.07) is 8.00. The summed E-state index contributed by atoms with van der Waals surface area (Å²) in [4.78, 5) is 20.1. The van der Waals surface area contributed by atoms with Gasteiger partial charge in [-0.1, -0.05) is 19.9 Å². The van der Waals surface area contributed by atoms with Gasteiger partial charge in [0.2, 0.25) is 0 Å². The van der Waals surface area contributed by atoms with E-state index in [0.717, 1.165) is 56.2 Å². The summed E-state index contributed by atoms with van der Waals surface area (Å²) in [5.41, 5.74) is 4.06. The van der Waals surface area contributed by atoms with Crippen LogP contribution in [0.5, 0.6) is 0 Å². The van der Waals surface area contributed by atoms with Gasteiger partial charge in [-0.25, -0.2) is 4.42 Å². The number of rotatable bonds is 8. The minimum Gasteiger partial charge on any atom is -0.304 e. The molecule has 0 fully saturated rings. The molecule has 1 aromatic heterocycles. The number of hydrogen-bond donors (Lipinski definition) is 0. The lowest BCUT2D eigenvalue weighted by atomic mass is 9.94. The van der Waals surface area contributed by atoms with Crippen LogP contribution in [0.2, 0.25) is 0 Å². The molecule has 1 amide bonds. The summed E-state index contributed by atoms with van der Waals surface area (Å²) in [7, 11) is 0. The smallest absolute Gasteiger partial charge is 0.268 e. The van der Waals surface area contributed by atoms with Crippen LogP contribution in [0.4, 0.5) is 0 Å². The molecule has 2 aromatic rings. The molecule has 1 aliphatic rings. The van der Waals surface area contributed by atoms with Crippen molar-refractivity contribution in [1.82, 2.24) is 14.3 Å². The van der Waals surface area contributed by atoms with E-state index in [2.05, 4.69) is 24.8 Å². The van der Waals surface area contributed by atoms with Crippen LogP contribution < -0.4 is 0 Å². The highest BCUT2D eigenvalue weighted by Crippen LogP contribution is 2.25. The molecule has 4 nitrogen and oxygen atoms in total. The minimum atomic E-state index is -0.140. The Bertz CT molecular complexity index is 819. The van der Waals surface area contributed by atoms with E-state index in [1.54, 1.807) is 0 Å². The van der Waals surface area contributed by atoms with Gasteiger partial charge in [0.15, 0.2) is 0 Å². The van der Waals surface area contributed by atoms with E-state index in [1.807, 2.05) is 25.1 Å². The third-order valence-electron chi connectivity index (χ3n) is 5.91. The molecule has 0 radical (unpaired) electrons. The summed E-state index contributed by atoms with van der Waals surface area (Å²) >= 11 is 6.42. The molecule has 0 saturated carbocycles. The van der Waals surface area contributed by atoms with Gasteiger partial charge in [0.05, 0.1) is 5.52 Å². The Kier molecular flexibility index (Phi) is 7.30. The maximum absolute atomic E-state index is 12.9. The number of pyridine rings is 1. The summed E-state index contributed by atoms with van der Waals surface area (Å²) in [6.45, 7) is 9.53. The molecule has 1 heterocycles. The standard InChI is InChI=1S/C23H32ClN3O/c1-4-26(5-2)14-8-9-17(3)27(24)23(28)20-13-12-19-15-18-10-6-7-11-21(18)25-22(19)16-20/h12-13,15-17H,4-11,14H2,1-3H3. The van der Waals surface area contributed by atoms with Crippen molar-refractivity contribution >= 4 is 28.6 Å². The molecule has 0 spiro atoms. The fourth-order valence-corrected chi connectivity index (χ4v) is 4.21. The van der Waals surface area contributed by atoms with Crippen LogP contribution in [0.1, 0.15) is 68.1 Å². The van der Waals surface area contributed by atoms with Crippen LogP contribution in [0.15, 0.2) is 24.3 Å². The van der Waals surface area contributed by atoms with E-state index in [0.29, 0.717) is 5.56 Å². The monoisotopic (exact) mass is 401 g/mol. The molecule has 5 heteroatoms. The Labute approximate surface area is 174 Å². The van der Waals surface area contributed by atoms with Crippen molar-refractivity contribution in [1.29, 1.82) is 0 Å². The number of nitrogens with zero attached hydrogens (tertiary/aromatic N) is 3. The van der Waals surface area contributed by atoms with Gasteiger partial charge in [-0.3, -0.25) is 9.78 Å². The molecule has 1 aliphatic carbocycles. The van der Waals surface area contributed by atoms with Crippen LogP contribution in [0.25, 0.3) is 10.9 Å². The minimum absolute atomic E-state index is 0.00285. The lowest BCUT2D eigenvalue weighted by molar-refractivity contribution is 0.0824. The second-order valence-electron chi connectivity index (χ2n) is 7.84. The molecule has 3 rings (SSSR count). The van der Waals surface area contributed by atoms with Crippen molar-refractivity contribution in [2.75, 3.05) is 19.6 Å². The Morgan fingerprint density at radius 2 is 1.93 bits per heavy atom. The zero-order chi connectivity index (χ0) is 20.1. The number of fused-ring (bicyclic) bond motifs is 2. The van der Waals surface area contributed by atoms with Crippen LogP contribution in [-0.4, -0.2) is 45.9 Å². The number of benzene rings is 1. The van der Waals surface area contributed by atoms with E-state index in [4.69, 9.17) is 16.8 Å². The molecule has 1 aromatic carbocycles. The normalized spacial score (nSPS) is 14.9. The molecule has 0 aliphatic heterocycles. The molecule has 0 N–H and O–H groups in total. The number of hydrogen-bond acceptors (Lipinski definition) is 3. The van der Waals surface area contributed by atoms with Crippen molar-refractivity contribution in [3.63, 3.8) is 0 Å². The third-order valence-corrected chi connectivity index (χ3v) is 6.40. The maximum Gasteiger partial charge on any atom is 0.268 e. The molecular weight excluding hydrogens is 370 g/mol. The van der Waals surface area contributed by atoms with Crippen LogP contribution in [0.3, 0.4) is 0 Å². The number of carbonyl (C=O) groups is 1. The van der Waals surface area contributed by atoms with E-state index in [1.165, 1.54) is 28.5 Å². The fourth-order valence-electron chi connectivity index (χ4n) is 4.01. The topological polar surface area (TPSA) is 36.4 Å². The Hall–Kier alpha value is -1.65. The van der Waals surface area contributed by atoms with Crippen molar-refractivity contribution in [2.45, 2.75) is 65.3 Å². The van der Waals surface area contributed by atoms with Gasteiger partial charge in [-0.15, -0.1) is 0 Å². The Balaban J connectivity index is 1.67. The molecule has 28 heavy (non-hydrogen) atoms. The summed E-state index contributed by atoms with van der Waals surface area (Å²) < 4.78 is 1.36. The Morgan fingerprint density at radius 1 is 1.18 bits per heavy atom. The van der Waals surface area contributed by atoms with Crippen LogP contribution >= 0.6 is 11.8 Å². The highest BCUT2D eigenvalue weighted by Gasteiger charge is 2.21. The SMILES string of the molecule is CCN(CC)CCCC(C)N(Cl)C(=O)c1ccc2cc3c(nc2c1)CCCC3. The lowest BCUT2D eigenvalue weighted by Crippen LogP contribution is -2.32. The van der Waals surface area contributed by atoms with E-state index in [-0.39, 0.29) is 11.9 Å². The molecule has 1 unspecified atom stereocenters. The van der Waals surface area contributed by atoms with Gasteiger partial charge in [-0.2, -0.15) is 0 Å². The maximum atomic E-state index is 12.9. The summed E-state index contributed by atoms with van der Waals surface area (Å²) in [5, 5.41) is 1.10. The average molecular weight is 402 g/mol. The Morgan fingerprint density at radius 3 is 2.68 bits per heavy atom. The molecular formula is C23H32ClN3O. The first-order valence-corrected chi connectivity index (χ1v) is 11.0. The largest absolute Gasteiger partial charge is 0.304 e. The van der Waals surface area contributed by atoms with Crippen molar-refractivity contribution in [2.24, 2.45) is 0 Å². The number of carbonyl (C=O) groups excluding carboxylic acids is 1. The van der Waals surface area contributed by atoms with Gasteiger partial charge in [0.25, 0.3) is 5.91 Å². The lowest BCUT2D eigenvalue weighted by Gasteiger charge is -2.24. The van der Waals surface area contributed by atoms with Crippen molar-refractivity contribution in [3.05, 3.63) is 41.1 Å². The fraction of sp³-hybridized carbons (Fsp3) is 0.565. The highest BCUT2D eigenvalue weighted by molar-refractivity contribution is 6.24. The quantitative estimate of drug-likeness (QED) is 0.569. The van der Waals surface area contributed by atoms with Crippen LogP contribution in [0, 0.1) is 0 Å². The van der Waals surface area contributed by atoms with Crippen molar-refractivity contribution in [3.8, 4) is 0 Å². The molecule has 1 atom stereocenters. The van der Waals surface area contributed by atoms with Crippen molar-refractivity contribution < 1.29 is 4.79 Å². The molecule has 152 valence electrons. The van der Waals surface area contributed by atoms with E-state index in [9.17, 15) is 4.79 Å². The first kappa shape index (κ1) is 21.1. The van der Waals surface area contributed by atoms with Gasteiger partial charge >= 0.3 is 0 Å². The number of aryl methyl sites for hydroxylation is 2. The molecule has 0 saturated heterocycles. The number of aromatic nitrogens is 1. The van der Waals surface area contributed by atoms with Gasteiger partial charge < -0.3 is 4.90 Å². The average Bonchev–Trinajstić information content (AvgIpc) is 2.73. The first-order chi connectivity index (χ1) is 13.5. The van der Waals surface area contributed by atoms with Gasteiger partial charge in [0.1, 0.15) is 0 Å². The van der Waals surface area contributed by atoms with Gasteiger partial charge in [0, 0.05) is 34.5 Å². The predicted molar refractivity (Wildman–Crippen MR) is 117 cm³/mol. The second-order valence-corrected chi connectivity index (χ2v) is 8.21. The highest BCUT2D eigenvalue weighted by atomic mass is 35.5. The van der Waals surface area contributed by atoms with E-state index >= 15 is 0 Å².